The molecule has 2 atom stereocenters. The molecule has 1 aromatic rings. The van der Waals surface area contributed by atoms with E-state index < -0.39 is 0 Å². The smallest absolute Gasteiger partial charge is 0.0270 e. The lowest BCUT2D eigenvalue weighted by Gasteiger charge is -2.17. The lowest BCUT2D eigenvalue weighted by atomic mass is 9.95. The molecule has 0 N–H and O–H groups in total. The maximum atomic E-state index is 4.01. The van der Waals surface area contributed by atoms with Gasteiger partial charge in [0.25, 0.3) is 0 Å². The van der Waals surface area contributed by atoms with Gasteiger partial charge in [-0.15, -0.1) is 0 Å². The summed E-state index contributed by atoms with van der Waals surface area (Å²) in [4.78, 5) is 4.54. The SMILES string of the molecule is CCC(c1ccncc1)C(C)Br. The second-order valence-corrected chi connectivity index (χ2v) is 4.42. The second-order valence-electron chi connectivity index (χ2n) is 2.97. The highest BCUT2D eigenvalue weighted by Crippen LogP contribution is 2.27. The topological polar surface area (TPSA) is 12.9 Å². The van der Waals surface area contributed by atoms with Crippen molar-refractivity contribution in [2.24, 2.45) is 0 Å². The number of hydrogen-bond acceptors (Lipinski definition) is 1. The summed E-state index contributed by atoms with van der Waals surface area (Å²) < 4.78 is 0. The Morgan fingerprint density at radius 3 is 2.42 bits per heavy atom. The van der Waals surface area contributed by atoms with Gasteiger partial charge in [0.1, 0.15) is 0 Å². The highest BCUT2D eigenvalue weighted by atomic mass is 79.9. The molecule has 1 heterocycles. The van der Waals surface area contributed by atoms with E-state index >= 15 is 0 Å². The molecular weight excluding hydrogens is 214 g/mol. The van der Waals surface area contributed by atoms with E-state index in [1.54, 1.807) is 0 Å². The molecule has 0 amide bonds. The third-order valence-electron chi connectivity index (χ3n) is 2.13. The number of nitrogens with zero attached hydrogens (tertiary/aromatic N) is 1. The zero-order valence-corrected chi connectivity index (χ0v) is 9.08. The first-order chi connectivity index (χ1) is 5.75. The van der Waals surface area contributed by atoms with Gasteiger partial charge in [-0.3, -0.25) is 4.98 Å². The van der Waals surface area contributed by atoms with Crippen molar-refractivity contribution in [3.63, 3.8) is 0 Å². The normalized spacial score (nSPS) is 15.6. The lowest BCUT2D eigenvalue weighted by molar-refractivity contribution is 0.662. The largest absolute Gasteiger partial charge is 0.265 e. The van der Waals surface area contributed by atoms with Gasteiger partial charge in [-0.1, -0.05) is 29.8 Å². The summed E-state index contributed by atoms with van der Waals surface area (Å²) in [5.74, 6) is 0.605. The maximum Gasteiger partial charge on any atom is 0.0270 e. The van der Waals surface area contributed by atoms with E-state index in [2.05, 4.69) is 46.9 Å². The predicted molar refractivity (Wildman–Crippen MR) is 55.7 cm³/mol. The number of alkyl halides is 1. The van der Waals surface area contributed by atoms with E-state index in [9.17, 15) is 0 Å². The number of hydrogen-bond donors (Lipinski definition) is 0. The molecule has 0 radical (unpaired) electrons. The molecule has 0 bridgehead atoms. The van der Waals surface area contributed by atoms with Crippen LogP contribution in [0.4, 0.5) is 0 Å². The van der Waals surface area contributed by atoms with Crippen molar-refractivity contribution < 1.29 is 0 Å². The zero-order valence-electron chi connectivity index (χ0n) is 7.50. The second kappa shape index (κ2) is 4.61. The van der Waals surface area contributed by atoms with Crippen molar-refractivity contribution >= 4 is 15.9 Å². The van der Waals surface area contributed by atoms with Crippen LogP contribution in [0.1, 0.15) is 31.7 Å². The van der Waals surface area contributed by atoms with Crippen LogP contribution >= 0.6 is 15.9 Å². The van der Waals surface area contributed by atoms with Crippen molar-refractivity contribution in [1.29, 1.82) is 0 Å². The maximum absolute atomic E-state index is 4.01. The van der Waals surface area contributed by atoms with Crippen LogP contribution in [0.15, 0.2) is 24.5 Å². The monoisotopic (exact) mass is 227 g/mol. The fourth-order valence-electron chi connectivity index (χ4n) is 1.44. The van der Waals surface area contributed by atoms with Crippen LogP contribution in [0.2, 0.25) is 0 Å². The van der Waals surface area contributed by atoms with Crippen LogP contribution in [-0.4, -0.2) is 9.81 Å². The molecule has 0 spiro atoms. The third-order valence-corrected chi connectivity index (χ3v) is 2.77. The van der Waals surface area contributed by atoms with Crippen LogP contribution < -0.4 is 0 Å². The molecule has 1 aromatic heterocycles. The fraction of sp³-hybridized carbons (Fsp3) is 0.500. The Labute approximate surface area is 82.3 Å². The predicted octanol–water partition coefficient (Wildman–Crippen LogP) is 3.36. The van der Waals surface area contributed by atoms with Crippen LogP contribution in [-0.2, 0) is 0 Å². The van der Waals surface area contributed by atoms with E-state index in [0.29, 0.717) is 10.7 Å². The highest BCUT2D eigenvalue weighted by Gasteiger charge is 2.13. The zero-order chi connectivity index (χ0) is 8.97. The minimum Gasteiger partial charge on any atom is -0.265 e. The van der Waals surface area contributed by atoms with Gasteiger partial charge in [0, 0.05) is 17.2 Å². The van der Waals surface area contributed by atoms with Gasteiger partial charge in [0.15, 0.2) is 0 Å². The Balaban J connectivity index is 2.80. The summed E-state index contributed by atoms with van der Waals surface area (Å²) in [6.07, 6.45) is 4.87. The highest BCUT2D eigenvalue weighted by molar-refractivity contribution is 9.09. The Hall–Kier alpha value is -0.370. The summed E-state index contributed by atoms with van der Waals surface area (Å²) in [6.45, 7) is 4.40. The molecule has 2 unspecified atom stereocenters. The first-order valence-electron chi connectivity index (χ1n) is 4.29. The van der Waals surface area contributed by atoms with Crippen LogP contribution in [0.3, 0.4) is 0 Å². The van der Waals surface area contributed by atoms with Crippen LogP contribution in [0.25, 0.3) is 0 Å². The van der Waals surface area contributed by atoms with Crippen molar-refractivity contribution in [2.75, 3.05) is 0 Å². The van der Waals surface area contributed by atoms with E-state index in [0.717, 1.165) is 6.42 Å². The van der Waals surface area contributed by atoms with Gasteiger partial charge < -0.3 is 0 Å². The number of aromatic nitrogens is 1. The third kappa shape index (κ3) is 2.31. The first-order valence-corrected chi connectivity index (χ1v) is 5.21. The number of rotatable bonds is 3. The van der Waals surface area contributed by atoms with Gasteiger partial charge in [0.05, 0.1) is 0 Å². The Kier molecular flexibility index (Phi) is 3.73. The molecular formula is C10H14BrN. The number of pyridine rings is 1. The molecule has 0 aliphatic rings. The van der Waals surface area contributed by atoms with E-state index in [1.165, 1.54) is 5.56 Å². The Morgan fingerprint density at radius 1 is 1.42 bits per heavy atom. The van der Waals surface area contributed by atoms with E-state index in [1.807, 2.05) is 12.4 Å². The van der Waals surface area contributed by atoms with Gasteiger partial charge in [-0.05, 0) is 30.0 Å². The molecule has 12 heavy (non-hydrogen) atoms. The summed E-state index contributed by atoms with van der Waals surface area (Å²) >= 11 is 3.62. The van der Waals surface area contributed by atoms with Gasteiger partial charge in [0.2, 0.25) is 0 Å². The molecule has 1 nitrogen and oxygen atoms in total. The van der Waals surface area contributed by atoms with Crippen LogP contribution in [0.5, 0.6) is 0 Å². The molecule has 0 saturated heterocycles. The van der Waals surface area contributed by atoms with Gasteiger partial charge in [-0.2, -0.15) is 0 Å². The summed E-state index contributed by atoms with van der Waals surface area (Å²) in [5, 5.41) is 0. The molecule has 0 aliphatic carbocycles. The Morgan fingerprint density at radius 2 is 2.00 bits per heavy atom. The average molecular weight is 228 g/mol. The fourth-order valence-corrected chi connectivity index (χ4v) is 2.12. The van der Waals surface area contributed by atoms with Crippen molar-refractivity contribution in [2.45, 2.75) is 31.0 Å². The van der Waals surface area contributed by atoms with Crippen molar-refractivity contribution in [1.82, 2.24) is 4.98 Å². The molecule has 0 fully saturated rings. The average Bonchev–Trinajstić information content (AvgIpc) is 2.07. The molecule has 1 rings (SSSR count). The molecule has 0 aliphatic heterocycles. The minimum atomic E-state index is 0.532. The lowest BCUT2D eigenvalue weighted by Crippen LogP contribution is -2.07. The van der Waals surface area contributed by atoms with E-state index in [-0.39, 0.29) is 0 Å². The summed E-state index contributed by atoms with van der Waals surface area (Å²) in [6, 6.07) is 4.18. The van der Waals surface area contributed by atoms with Gasteiger partial charge in [-0.25, -0.2) is 0 Å². The number of halogens is 1. The van der Waals surface area contributed by atoms with Crippen molar-refractivity contribution in [3.05, 3.63) is 30.1 Å². The summed E-state index contributed by atoms with van der Waals surface area (Å²) in [7, 11) is 0. The summed E-state index contributed by atoms with van der Waals surface area (Å²) in [5.41, 5.74) is 1.37. The van der Waals surface area contributed by atoms with Gasteiger partial charge >= 0.3 is 0 Å². The quantitative estimate of drug-likeness (QED) is 0.723. The molecule has 0 aromatic carbocycles. The molecule has 66 valence electrons. The minimum absolute atomic E-state index is 0.532. The Bertz CT molecular complexity index is 221. The molecule has 0 saturated carbocycles. The van der Waals surface area contributed by atoms with Crippen molar-refractivity contribution in [3.8, 4) is 0 Å². The standard InChI is InChI=1S/C10H14BrN/c1-3-10(8(2)11)9-4-6-12-7-5-9/h4-8,10H,3H2,1-2H3. The van der Waals surface area contributed by atoms with E-state index in [4.69, 9.17) is 0 Å². The molecule has 2 heteroatoms. The van der Waals surface area contributed by atoms with Crippen LogP contribution in [0, 0.1) is 0 Å². The first kappa shape index (κ1) is 9.72.